The lowest BCUT2D eigenvalue weighted by molar-refractivity contribution is -0.155. The summed E-state index contributed by atoms with van der Waals surface area (Å²) in [5.41, 5.74) is 1.21. The largest absolute Gasteiger partial charge is 0.464 e. The molecule has 0 saturated carbocycles. The van der Waals surface area contributed by atoms with Crippen molar-refractivity contribution in [3.05, 3.63) is 89.5 Å². The van der Waals surface area contributed by atoms with Crippen molar-refractivity contribution < 1.29 is 28.6 Å². The molecule has 6 rings (SSSR count). The number of nitrogens with one attached hydrogen (secondary N) is 1. The van der Waals surface area contributed by atoms with Crippen LogP contribution in [0.25, 0.3) is 0 Å². The minimum Gasteiger partial charge on any atom is -0.464 e. The lowest BCUT2D eigenvalue weighted by atomic mass is 9.75. The average molecular weight is 499 g/mol. The first-order chi connectivity index (χ1) is 18.0. The Morgan fingerprint density at radius 1 is 1.00 bits per heavy atom. The van der Waals surface area contributed by atoms with E-state index in [0.717, 1.165) is 11.1 Å². The molecule has 8 nitrogen and oxygen atoms in total. The third kappa shape index (κ3) is 3.36. The van der Waals surface area contributed by atoms with Crippen molar-refractivity contribution in [1.82, 2.24) is 5.32 Å². The number of esters is 1. The van der Waals surface area contributed by atoms with Gasteiger partial charge in [0.25, 0.3) is 0 Å². The highest BCUT2D eigenvalue weighted by Crippen LogP contribution is 2.54. The van der Waals surface area contributed by atoms with Gasteiger partial charge in [0.05, 0.1) is 24.1 Å². The van der Waals surface area contributed by atoms with Gasteiger partial charge in [0.1, 0.15) is 0 Å². The monoisotopic (exact) mass is 498 g/mol. The zero-order valence-corrected chi connectivity index (χ0v) is 20.5. The molecule has 2 fully saturated rings. The van der Waals surface area contributed by atoms with Gasteiger partial charge in [-0.3, -0.25) is 14.9 Å². The van der Waals surface area contributed by atoms with Crippen molar-refractivity contribution >= 4 is 23.5 Å². The first-order valence-corrected chi connectivity index (χ1v) is 12.3. The van der Waals surface area contributed by atoms with Gasteiger partial charge < -0.3 is 14.2 Å². The predicted molar refractivity (Wildman–Crippen MR) is 134 cm³/mol. The van der Waals surface area contributed by atoms with E-state index < -0.39 is 35.3 Å². The van der Waals surface area contributed by atoms with Crippen LogP contribution in [-0.4, -0.2) is 31.2 Å². The van der Waals surface area contributed by atoms with Gasteiger partial charge in [0, 0.05) is 12.1 Å². The van der Waals surface area contributed by atoms with Gasteiger partial charge >= 0.3 is 5.97 Å². The van der Waals surface area contributed by atoms with Gasteiger partial charge in [0.2, 0.25) is 18.6 Å². The van der Waals surface area contributed by atoms with Crippen LogP contribution in [0.5, 0.6) is 11.5 Å². The van der Waals surface area contributed by atoms with Crippen LogP contribution in [0.3, 0.4) is 0 Å². The molecule has 3 aliphatic rings. The molecular formula is C29H26N2O6. The zero-order chi connectivity index (χ0) is 25.7. The Bertz CT molecular complexity index is 1410. The van der Waals surface area contributed by atoms with Crippen molar-refractivity contribution in [3.63, 3.8) is 0 Å². The van der Waals surface area contributed by atoms with Crippen LogP contribution in [0.2, 0.25) is 0 Å². The minimum absolute atomic E-state index is 0.0746. The van der Waals surface area contributed by atoms with Crippen LogP contribution >= 0.6 is 0 Å². The van der Waals surface area contributed by atoms with Crippen molar-refractivity contribution in [2.75, 3.05) is 18.3 Å². The summed E-state index contributed by atoms with van der Waals surface area (Å²) in [5, 5.41) is 3.45. The summed E-state index contributed by atoms with van der Waals surface area (Å²) < 4.78 is 16.5. The van der Waals surface area contributed by atoms with E-state index >= 15 is 0 Å². The van der Waals surface area contributed by atoms with Gasteiger partial charge in [-0.15, -0.1) is 0 Å². The van der Waals surface area contributed by atoms with E-state index in [1.807, 2.05) is 49.4 Å². The predicted octanol–water partition coefficient (Wildman–Crippen LogP) is 3.63. The molecule has 188 valence electrons. The quantitative estimate of drug-likeness (QED) is 0.424. The number of aryl methyl sites for hydroxylation is 1. The number of anilines is 1. The molecule has 0 spiro atoms. The van der Waals surface area contributed by atoms with E-state index in [1.165, 1.54) is 4.90 Å². The minimum atomic E-state index is -1.55. The number of rotatable bonds is 5. The van der Waals surface area contributed by atoms with Crippen LogP contribution in [0, 0.1) is 18.8 Å². The molecule has 3 aliphatic heterocycles. The first kappa shape index (κ1) is 23.2. The van der Waals surface area contributed by atoms with E-state index in [2.05, 4.69) is 5.32 Å². The van der Waals surface area contributed by atoms with E-state index in [-0.39, 0.29) is 19.3 Å². The number of ether oxygens (including phenoxy) is 3. The van der Waals surface area contributed by atoms with Crippen molar-refractivity contribution in [1.29, 1.82) is 0 Å². The summed E-state index contributed by atoms with van der Waals surface area (Å²) in [5.74, 6) is -2.26. The fourth-order valence-corrected chi connectivity index (χ4v) is 5.91. The van der Waals surface area contributed by atoms with Crippen molar-refractivity contribution in [2.45, 2.75) is 25.4 Å². The fraction of sp³-hybridized carbons (Fsp3) is 0.276. The second kappa shape index (κ2) is 8.74. The standard InChI is InChI=1S/C29H26N2O6/c1-3-35-28(34)29(18-10-5-4-6-11-18)24-23(25(30-29)20-12-8-7-9-17(20)2)26(32)31(27(24)33)19-13-14-21-22(15-19)37-16-36-21/h4-15,23-25,30H,3,16H2,1-2H3/t23-,24-,25-,29-/m1/s1. The molecule has 3 heterocycles. The molecular weight excluding hydrogens is 472 g/mol. The molecule has 0 unspecified atom stereocenters. The molecule has 0 aliphatic carbocycles. The summed E-state index contributed by atoms with van der Waals surface area (Å²) in [6.07, 6.45) is 0. The molecule has 37 heavy (non-hydrogen) atoms. The summed E-state index contributed by atoms with van der Waals surface area (Å²) >= 11 is 0. The molecule has 0 aromatic heterocycles. The highest BCUT2D eigenvalue weighted by Gasteiger charge is 2.70. The maximum atomic E-state index is 14.2. The smallest absolute Gasteiger partial charge is 0.331 e. The maximum absolute atomic E-state index is 14.2. The number of imide groups is 1. The first-order valence-electron chi connectivity index (χ1n) is 12.3. The summed E-state index contributed by atoms with van der Waals surface area (Å²) in [4.78, 5) is 43.4. The second-order valence-corrected chi connectivity index (χ2v) is 9.43. The van der Waals surface area contributed by atoms with E-state index in [9.17, 15) is 14.4 Å². The number of hydrogen-bond donors (Lipinski definition) is 1. The topological polar surface area (TPSA) is 94.2 Å². The third-order valence-corrected chi connectivity index (χ3v) is 7.52. The van der Waals surface area contributed by atoms with Gasteiger partial charge in [-0.2, -0.15) is 0 Å². The number of carbonyl (C=O) groups is 3. The summed E-state index contributed by atoms with van der Waals surface area (Å²) in [6.45, 7) is 3.89. The zero-order valence-electron chi connectivity index (χ0n) is 20.5. The van der Waals surface area contributed by atoms with E-state index in [4.69, 9.17) is 14.2 Å². The Morgan fingerprint density at radius 3 is 2.49 bits per heavy atom. The molecule has 0 radical (unpaired) electrons. The van der Waals surface area contributed by atoms with Gasteiger partial charge in [-0.1, -0.05) is 54.6 Å². The Hall–Kier alpha value is -4.17. The van der Waals surface area contributed by atoms with Gasteiger partial charge in [0.15, 0.2) is 17.0 Å². The molecule has 1 N–H and O–H groups in total. The lowest BCUT2D eigenvalue weighted by Gasteiger charge is -2.33. The highest BCUT2D eigenvalue weighted by molar-refractivity contribution is 6.24. The average Bonchev–Trinajstić information content (AvgIpc) is 3.59. The Labute approximate surface area is 214 Å². The number of fused-ring (bicyclic) bond motifs is 2. The Balaban J connectivity index is 1.55. The molecule has 4 atom stereocenters. The van der Waals surface area contributed by atoms with E-state index in [1.54, 1.807) is 37.3 Å². The van der Waals surface area contributed by atoms with Crippen LogP contribution in [0.15, 0.2) is 72.8 Å². The van der Waals surface area contributed by atoms with Crippen molar-refractivity contribution in [2.24, 2.45) is 11.8 Å². The fourth-order valence-electron chi connectivity index (χ4n) is 5.91. The molecule has 8 heteroatoms. The number of amides is 2. The SMILES string of the molecule is CCOC(=O)[C@]1(c2ccccc2)N[C@H](c2ccccc2C)[C@@H]2C(=O)N(c3ccc4c(c3)OCO4)C(=O)[C@@H]21. The molecule has 2 amide bonds. The molecule has 0 bridgehead atoms. The van der Waals surface area contributed by atoms with Crippen LogP contribution in [-0.2, 0) is 24.7 Å². The number of nitrogens with zero attached hydrogens (tertiary/aromatic N) is 1. The number of carbonyl (C=O) groups excluding carboxylic acids is 3. The second-order valence-electron chi connectivity index (χ2n) is 9.43. The summed E-state index contributed by atoms with van der Waals surface area (Å²) in [6, 6.07) is 21.1. The normalized spacial score (nSPS) is 25.9. The number of benzene rings is 3. The van der Waals surface area contributed by atoms with Crippen LogP contribution in [0.1, 0.15) is 29.7 Å². The molecule has 3 aromatic rings. The summed E-state index contributed by atoms with van der Waals surface area (Å²) in [7, 11) is 0. The van der Waals surface area contributed by atoms with Crippen molar-refractivity contribution in [3.8, 4) is 11.5 Å². The Kier molecular flexibility index (Phi) is 5.49. The van der Waals surface area contributed by atoms with Gasteiger partial charge in [-0.25, -0.2) is 9.69 Å². The maximum Gasteiger partial charge on any atom is 0.331 e. The highest BCUT2D eigenvalue weighted by atomic mass is 16.7. The Morgan fingerprint density at radius 2 is 1.73 bits per heavy atom. The van der Waals surface area contributed by atoms with Gasteiger partial charge in [-0.05, 0) is 42.7 Å². The lowest BCUT2D eigenvalue weighted by Crippen LogP contribution is -2.54. The van der Waals surface area contributed by atoms with Crippen LogP contribution < -0.4 is 19.7 Å². The third-order valence-electron chi connectivity index (χ3n) is 7.52. The molecule has 2 saturated heterocycles. The molecule has 3 aromatic carbocycles. The van der Waals surface area contributed by atoms with E-state index in [0.29, 0.717) is 22.7 Å². The number of hydrogen-bond acceptors (Lipinski definition) is 7. The van der Waals surface area contributed by atoms with Crippen LogP contribution in [0.4, 0.5) is 5.69 Å².